The number of benzene rings is 3. The van der Waals surface area contributed by atoms with Gasteiger partial charge in [0.25, 0.3) is 0 Å². The zero-order chi connectivity index (χ0) is 15.4. The third kappa shape index (κ3) is 2.08. The van der Waals surface area contributed by atoms with E-state index in [0.29, 0.717) is 0 Å². The summed E-state index contributed by atoms with van der Waals surface area (Å²) in [6.07, 6.45) is 0. The number of nitrogens with zero attached hydrogens (tertiary/aromatic N) is 1. The summed E-state index contributed by atoms with van der Waals surface area (Å²) in [7, 11) is 0. The highest BCUT2D eigenvalue weighted by atomic mass is 35.5. The van der Waals surface area contributed by atoms with Crippen LogP contribution in [0.2, 0.25) is 5.02 Å². The quantitative estimate of drug-likeness (QED) is 0.317. The van der Waals surface area contributed by atoms with Gasteiger partial charge in [0, 0.05) is 30.8 Å². The van der Waals surface area contributed by atoms with Gasteiger partial charge in [-0.25, -0.2) is 4.98 Å². The van der Waals surface area contributed by atoms with E-state index in [4.69, 9.17) is 16.6 Å². The van der Waals surface area contributed by atoms with Gasteiger partial charge < -0.3 is 0 Å². The Bertz CT molecular complexity index is 1150. The van der Waals surface area contributed by atoms with Crippen LogP contribution in [0.15, 0.2) is 60.7 Å². The van der Waals surface area contributed by atoms with E-state index >= 15 is 0 Å². The van der Waals surface area contributed by atoms with Crippen LogP contribution in [0.25, 0.3) is 41.0 Å². The van der Waals surface area contributed by atoms with Crippen molar-refractivity contribution in [3.05, 3.63) is 65.7 Å². The summed E-state index contributed by atoms with van der Waals surface area (Å²) in [5.74, 6) is 0. The first-order valence-corrected chi connectivity index (χ1v) is 9.27. The van der Waals surface area contributed by atoms with Crippen molar-refractivity contribution in [1.82, 2.24) is 4.98 Å². The second kappa shape index (κ2) is 5.03. The average Bonchev–Trinajstić information content (AvgIpc) is 3.15. The second-order valence-corrected chi connectivity index (χ2v) is 7.93. The summed E-state index contributed by atoms with van der Waals surface area (Å²) >= 11 is 9.95. The molecule has 5 aromatic rings. The van der Waals surface area contributed by atoms with E-state index in [1.807, 2.05) is 18.2 Å². The van der Waals surface area contributed by atoms with E-state index in [1.54, 1.807) is 22.7 Å². The molecule has 0 spiro atoms. The summed E-state index contributed by atoms with van der Waals surface area (Å²) < 4.78 is 3.71. The van der Waals surface area contributed by atoms with Crippen molar-refractivity contribution >= 4 is 64.7 Å². The maximum absolute atomic E-state index is 6.43. The van der Waals surface area contributed by atoms with Crippen LogP contribution in [-0.2, 0) is 0 Å². The van der Waals surface area contributed by atoms with E-state index in [2.05, 4.69) is 42.5 Å². The molecular weight excluding hydrogens is 342 g/mol. The van der Waals surface area contributed by atoms with Gasteiger partial charge in [-0.3, -0.25) is 0 Å². The van der Waals surface area contributed by atoms with E-state index in [0.717, 1.165) is 26.5 Å². The molecule has 0 N–H and O–H groups in total. The highest BCUT2D eigenvalue weighted by Gasteiger charge is 2.11. The van der Waals surface area contributed by atoms with Crippen LogP contribution in [0.1, 0.15) is 0 Å². The molecule has 110 valence electrons. The van der Waals surface area contributed by atoms with Crippen LogP contribution in [0, 0.1) is 0 Å². The Kier molecular flexibility index (Phi) is 2.95. The summed E-state index contributed by atoms with van der Waals surface area (Å²) in [5, 5.41) is 4.24. The lowest BCUT2D eigenvalue weighted by Gasteiger charge is -1.98. The fourth-order valence-corrected chi connectivity index (χ4v) is 5.32. The minimum Gasteiger partial charge on any atom is -0.236 e. The molecule has 0 saturated heterocycles. The van der Waals surface area contributed by atoms with Gasteiger partial charge in [0.05, 0.1) is 10.2 Å². The lowest BCUT2D eigenvalue weighted by Crippen LogP contribution is -1.76. The molecule has 3 aromatic carbocycles. The minimum absolute atomic E-state index is 0.815. The molecule has 2 aromatic heterocycles. The summed E-state index contributed by atoms with van der Waals surface area (Å²) in [5.41, 5.74) is 2.21. The van der Waals surface area contributed by atoms with E-state index < -0.39 is 0 Å². The summed E-state index contributed by atoms with van der Waals surface area (Å²) in [4.78, 5) is 4.77. The molecule has 0 radical (unpaired) electrons. The fraction of sp³-hybridized carbons (Fsp3) is 0. The van der Waals surface area contributed by atoms with Crippen molar-refractivity contribution in [3.63, 3.8) is 0 Å². The minimum atomic E-state index is 0.815. The van der Waals surface area contributed by atoms with Crippen molar-refractivity contribution in [1.29, 1.82) is 0 Å². The van der Waals surface area contributed by atoms with Crippen LogP contribution in [0.4, 0.5) is 0 Å². The number of hydrogen-bond donors (Lipinski definition) is 0. The average molecular weight is 352 g/mol. The number of thiophene rings is 1. The molecule has 2 heterocycles. The van der Waals surface area contributed by atoms with Crippen molar-refractivity contribution < 1.29 is 0 Å². The van der Waals surface area contributed by atoms with Crippen molar-refractivity contribution in [2.24, 2.45) is 0 Å². The Morgan fingerprint density at radius 2 is 1.65 bits per heavy atom. The normalized spacial score (nSPS) is 11.7. The number of fused-ring (bicyclic) bond motifs is 4. The Hall–Kier alpha value is -1.94. The van der Waals surface area contributed by atoms with E-state index in [1.165, 1.54) is 19.5 Å². The van der Waals surface area contributed by atoms with E-state index in [-0.39, 0.29) is 0 Å². The van der Waals surface area contributed by atoms with Crippen LogP contribution in [-0.4, -0.2) is 4.98 Å². The van der Waals surface area contributed by atoms with Crippen LogP contribution >= 0.6 is 34.3 Å². The molecule has 0 unspecified atom stereocenters. The fourth-order valence-electron chi connectivity index (χ4n) is 2.91. The number of aromatic nitrogens is 1. The molecule has 0 atom stereocenters. The Balaban J connectivity index is 1.80. The molecule has 0 aliphatic heterocycles. The van der Waals surface area contributed by atoms with Gasteiger partial charge in [-0.1, -0.05) is 35.9 Å². The van der Waals surface area contributed by atoms with Crippen molar-refractivity contribution in [3.8, 4) is 10.6 Å². The highest BCUT2D eigenvalue weighted by Crippen LogP contribution is 2.40. The van der Waals surface area contributed by atoms with Gasteiger partial charge in [0.1, 0.15) is 5.01 Å². The maximum Gasteiger partial charge on any atom is 0.124 e. The lowest BCUT2D eigenvalue weighted by atomic mass is 10.1. The third-order valence-electron chi connectivity index (χ3n) is 3.99. The van der Waals surface area contributed by atoms with Crippen molar-refractivity contribution in [2.75, 3.05) is 0 Å². The molecule has 0 saturated carbocycles. The Morgan fingerprint density at radius 1 is 0.783 bits per heavy atom. The monoisotopic (exact) mass is 351 g/mol. The number of thiazole rings is 1. The van der Waals surface area contributed by atoms with Crippen LogP contribution < -0.4 is 0 Å². The predicted molar refractivity (Wildman–Crippen MR) is 103 cm³/mol. The number of hydrogen-bond acceptors (Lipinski definition) is 3. The zero-order valence-electron chi connectivity index (χ0n) is 11.9. The molecule has 0 aliphatic rings. The van der Waals surface area contributed by atoms with Crippen molar-refractivity contribution in [2.45, 2.75) is 0 Å². The van der Waals surface area contributed by atoms with Crippen LogP contribution in [0.3, 0.4) is 0 Å². The van der Waals surface area contributed by atoms with Gasteiger partial charge in [-0.2, -0.15) is 0 Å². The molecule has 0 aliphatic carbocycles. The molecule has 1 nitrogen and oxygen atoms in total. The first-order valence-electron chi connectivity index (χ1n) is 7.26. The SMILES string of the molecule is Clc1cccc2sc3ccc(-c4nc5ccccc5s4)cc3c12. The predicted octanol–water partition coefficient (Wildman–Crippen LogP) is 6.98. The van der Waals surface area contributed by atoms with Gasteiger partial charge in [-0.15, -0.1) is 22.7 Å². The lowest BCUT2D eigenvalue weighted by molar-refractivity contribution is 1.48. The smallest absolute Gasteiger partial charge is 0.124 e. The number of para-hydroxylation sites is 1. The second-order valence-electron chi connectivity index (χ2n) is 5.41. The first kappa shape index (κ1) is 13.5. The van der Waals surface area contributed by atoms with E-state index in [9.17, 15) is 0 Å². The third-order valence-corrected chi connectivity index (χ3v) is 6.52. The molecule has 4 heteroatoms. The standard InChI is InChI=1S/C19H10ClNS2/c20-13-4-3-7-17-18(13)12-10-11(8-9-15(12)22-17)19-21-14-5-1-2-6-16(14)23-19/h1-10H. The van der Waals surface area contributed by atoms with Gasteiger partial charge >= 0.3 is 0 Å². The van der Waals surface area contributed by atoms with Crippen LogP contribution in [0.5, 0.6) is 0 Å². The van der Waals surface area contributed by atoms with Gasteiger partial charge in [0.2, 0.25) is 0 Å². The molecule has 0 amide bonds. The van der Waals surface area contributed by atoms with Gasteiger partial charge in [0.15, 0.2) is 0 Å². The molecule has 23 heavy (non-hydrogen) atoms. The number of rotatable bonds is 1. The topological polar surface area (TPSA) is 12.9 Å². The highest BCUT2D eigenvalue weighted by molar-refractivity contribution is 7.26. The number of halogens is 1. The summed E-state index contributed by atoms with van der Waals surface area (Å²) in [6, 6.07) is 20.9. The molecule has 0 fully saturated rings. The molecular formula is C19H10ClNS2. The largest absolute Gasteiger partial charge is 0.236 e. The molecule has 5 rings (SSSR count). The van der Waals surface area contributed by atoms with Gasteiger partial charge in [-0.05, 0) is 36.4 Å². The summed E-state index contributed by atoms with van der Waals surface area (Å²) in [6.45, 7) is 0. The maximum atomic E-state index is 6.43. The Morgan fingerprint density at radius 3 is 2.57 bits per heavy atom. The molecule has 0 bridgehead atoms. The first-order chi connectivity index (χ1) is 11.3. The Labute approximate surface area is 145 Å². The zero-order valence-corrected chi connectivity index (χ0v) is 14.3.